The molecule has 1 aliphatic rings. The molecule has 0 radical (unpaired) electrons. The van der Waals surface area contributed by atoms with E-state index in [-0.39, 0.29) is 16.8 Å². The average Bonchev–Trinajstić information content (AvgIpc) is 3.51. The first-order valence-electron chi connectivity index (χ1n) is 8.79. The number of carbonyl (C=O) groups is 1. The number of ether oxygens (including phenoxy) is 2. The largest absolute Gasteiger partial charge is 0.434 e. The van der Waals surface area contributed by atoms with Crippen molar-refractivity contribution in [3.8, 4) is 17.4 Å². The van der Waals surface area contributed by atoms with Crippen molar-refractivity contribution in [3.63, 3.8) is 0 Å². The Morgan fingerprint density at radius 3 is 2.61 bits per heavy atom. The molecule has 3 aromatic rings. The first-order chi connectivity index (χ1) is 13.5. The zero-order chi connectivity index (χ0) is 19.7. The van der Waals surface area contributed by atoms with Crippen molar-refractivity contribution in [2.24, 2.45) is 0 Å². The molecule has 28 heavy (non-hydrogen) atoms. The summed E-state index contributed by atoms with van der Waals surface area (Å²) >= 11 is 9.31. The molecule has 0 spiro atoms. The second kappa shape index (κ2) is 7.89. The Morgan fingerprint density at radius 2 is 1.89 bits per heavy atom. The molecular formula is C21H16BrClN2O3. The Bertz CT molecular complexity index is 1040. The molecule has 1 saturated carbocycles. The molecule has 1 aliphatic carbocycles. The Labute approximate surface area is 175 Å². The fourth-order valence-corrected chi connectivity index (χ4v) is 3.26. The van der Waals surface area contributed by atoms with Crippen molar-refractivity contribution in [2.45, 2.75) is 25.7 Å². The smallest absolute Gasteiger partial charge is 0.343 e. The van der Waals surface area contributed by atoms with E-state index >= 15 is 0 Å². The van der Waals surface area contributed by atoms with Crippen LogP contribution in [0.3, 0.4) is 0 Å². The zero-order valence-corrected chi connectivity index (χ0v) is 17.3. The second-order valence-electron chi connectivity index (χ2n) is 6.60. The monoisotopic (exact) mass is 458 g/mol. The van der Waals surface area contributed by atoms with Gasteiger partial charge in [-0.25, -0.2) is 4.79 Å². The fraction of sp³-hybridized carbons (Fsp3) is 0.190. The highest BCUT2D eigenvalue weighted by Gasteiger charge is 2.28. The van der Waals surface area contributed by atoms with Gasteiger partial charge in [-0.2, -0.15) is 0 Å². The summed E-state index contributed by atoms with van der Waals surface area (Å²) in [6.45, 7) is 1.97. The summed E-state index contributed by atoms with van der Waals surface area (Å²) in [5.41, 5.74) is 2.50. The molecule has 1 aromatic heterocycles. The molecule has 0 saturated heterocycles. The van der Waals surface area contributed by atoms with Gasteiger partial charge in [0.05, 0.1) is 5.56 Å². The van der Waals surface area contributed by atoms with Gasteiger partial charge in [-0.15, -0.1) is 10.2 Å². The van der Waals surface area contributed by atoms with Gasteiger partial charge in [0.1, 0.15) is 5.75 Å². The third kappa shape index (κ3) is 4.18. The van der Waals surface area contributed by atoms with Crippen molar-refractivity contribution >= 4 is 33.5 Å². The SMILES string of the molecule is Cc1cccc(C2CC2)c1Oc1nnc(Cl)cc1OC(=O)c1ccc(Br)cc1. The summed E-state index contributed by atoms with van der Waals surface area (Å²) in [4.78, 5) is 12.5. The summed E-state index contributed by atoms with van der Waals surface area (Å²) in [5.74, 6) is 0.907. The predicted molar refractivity (Wildman–Crippen MR) is 109 cm³/mol. The number of halogens is 2. The Balaban J connectivity index is 1.64. The molecule has 5 nitrogen and oxygen atoms in total. The van der Waals surface area contributed by atoms with Crippen LogP contribution in [0.2, 0.25) is 5.15 Å². The van der Waals surface area contributed by atoms with Crippen LogP contribution in [0, 0.1) is 6.92 Å². The molecule has 0 atom stereocenters. The van der Waals surface area contributed by atoms with Gasteiger partial charge >= 0.3 is 5.97 Å². The van der Waals surface area contributed by atoms with Gasteiger partial charge in [0.15, 0.2) is 10.9 Å². The maximum absolute atomic E-state index is 12.5. The normalized spacial score (nSPS) is 13.2. The molecule has 0 unspecified atom stereocenters. The van der Waals surface area contributed by atoms with E-state index in [4.69, 9.17) is 21.1 Å². The lowest BCUT2D eigenvalue weighted by Crippen LogP contribution is -2.10. The quantitative estimate of drug-likeness (QED) is 0.432. The topological polar surface area (TPSA) is 61.3 Å². The van der Waals surface area contributed by atoms with Crippen LogP contribution >= 0.6 is 27.5 Å². The average molecular weight is 460 g/mol. The number of rotatable bonds is 5. The van der Waals surface area contributed by atoms with Gasteiger partial charge in [-0.3, -0.25) is 0 Å². The van der Waals surface area contributed by atoms with Crippen LogP contribution in [0.4, 0.5) is 0 Å². The van der Waals surface area contributed by atoms with Crippen LogP contribution in [-0.2, 0) is 0 Å². The Hall–Kier alpha value is -2.44. The molecule has 1 heterocycles. The van der Waals surface area contributed by atoms with Crippen LogP contribution < -0.4 is 9.47 Å². The number of benzene rings is 2. The van der Waals surface area contributed by atoms with Crippen LogP contribution in [0.1, 0.15) is 40.2 Å². The van der Waals surface area contributed by atoms with Gasteiger partial charge in [0.25, 0.3) is 5.88 Å². The van der Waals surface area contributed by atoms with Gasteiger partial charge < -0.3 is 9.47 Å². The summed E-state index contributed by atoms with van der Waals surface area (Å²) in [6, 6.07) is 14.3. The number of carbonyl (C=O) groups excluding carboxylic acids is 1. The van der Waals surface area contributed by atoms with E-state index in [1.807, 2.05) is 19.1 Å². The van der Waals surface area contributed by atoms with E-state index in [0.29, 0.717) is 11.5 Å². The Morgan fingerprint density at radius 1 is 1.14 bits per heavy atom. The van der Waals surface area contributed by atoms with Crippen LogP contribution in [-0.4, -0.2) is 16.2 Å². The number of aromatic nitrogens is 2. The highest BCUT2D eigenvalue weighted by Crippen LogP contribution is 2.46. The van der Waals surface area contributed by atoms with Gasteiger partial charge in [0.2, 0.25) is 0 Å². The summed E-state index contributed by atoms with van der Waals surface area (Å²) < 4.78 is 12.5. The Kier molecular flexibility index (Phi) is 5.33. The highest BCUT2D eigenvalue weighted by atomic mass is 79.9. The number of esters is 1. The van der Waals surface area contributed by atoms with Crippen molar-refractivity contribution in [2.75, 3.05) is 0 Å². The van der Waals surface area contributed by atoms with E-state index in [9.17, 15) is 4.79 Å². The first kappa shape index (κ1) is 18.9. The van der Waals surface area contributed by atoms with Crippen LogP contribution in [0.5, 0.6) is 17.4 Å². The molecule has 142 valence electrons. The van der Waals surface area contributed by atoms with E-state index < -0.39 is 5.97 Å². The summed E-state index contributed by atoms with van der Waals surface area (Å²) in [7, 11) is 0. The van der Waals surface area contributed by atoms with E-state index in [1.165, 1.54) is 6.07 Å². The molecule has 0 bridgehead atoms. The lowest BCUT2D eigenvalue weighted by Gasteiger charge is -2.14. The van der Waals surface area contributed by atoms with E-state index in [0.717, 1.165) is 34.2 Å². The van der Waals surface area contributed by atoms with Gasteiger partial charge in [-0.1, -0.05) is 45.7 Å². The maximum atomic E-state index is 12.5. The molecule has 7 heteroatoms. The van der Waals surface area contributed by atoms with Gasteiger partial charge in [-0.05, 0) is 61.1 Å². The second-order valence-corrected chi connectivity index (χ2v) is 7.91. The first-order valence-corrected chi connectivity index (χ1v) is 9.96. The van der Waals surface area contributed by atoms with Crippen molar-refractivity contribution in [3.05, 3.63) is 74.8 Å². The van der Waals surface area contributed by atoms with E-state index in [1.54, 1.807) is 24.3 Å². The van der Waals surface area contributed by atoms with Gasteiger partial charge in [0, 0.05) is 10.5 Å². The van der Waals surface area contributed by atoms with Crippen molar-refractivity contribution in [1.82, 2.24) is 10.2 Å². The fourth-order valence-electron chi connectivity index (χ4n) is 2.86. The maximum Gasteiger partial charge on any atom is 0.343 e. The molecule has 2 aromatic carbocycles. The molecule has 1 fully saturated rings. The molecule has 4 rings (SSSR count). The number of nitrogens with zero attached hydrogens (tertiary/aromatic N) is 2. The molecule has 0 amide bonds. The minimum absolute atomic E-state index is 0.103. The van der Waals surface area contributed by atoms with Crippen molar-refractivity contribution < 1.29 is 14.3 Å². The number of para-hydroxylation sites is 1. The number of hydrogen-bond acceptors (Lipinski definition) is 5. The van der Waals surface area contributed by atoms with Crippen LogP contribution in [0.25, 0.3) is 0 Å². The number of hydrogen-bond donors (Lipinski definition) is 0. The summed E-state index contributed by atoms with van der Waals surface area (Å²) in [5, 5.41) is 7.96. The third-order valence-corrected chi connectivity index (χ3v) is 5.15. The standard InChI is InChI=1S/C21H16BrClN2O3/c1-12-3-2-4-16(13-5-6-13)19(12)28-20-17(11-18(23)24-25-20)27-21(26)14-7-9-15(22)10-8-14/h2-4,7-11,13H,5-6H2,1H3. The number of aryl methyl sites for hydroxylation is 1. The molecular weight excluding hydrogens is 444 g/mol. The lowest BCUT2D eigenvalue weighted by atomic mass is 10.1. The molecule has 0 N–H and O–H groups in total. The third-order valence-electron chi connectivity index (χ3n) is 4.44. The van der Waals surface area contributed by atoms with Crippen LogP contribution in [0.15, 0.2) is 53.0 Å². The minimum Gasteiger partial charge on any atom is -0.434 e. The lowest BCUT2D eigenvalue weighted by molar-refractivity contribution is 0.0729. The zero-order valence-electron chi connectivity index (χ0n) is 15.0. The van der Waals surface area contributed by atoms with E-state index in [2.05, 4.69) is 32.2 Å². The molecule has 0 aliphatic heterocycles. The predicted octanol–water partition coefficient (Wildman–Crippen LogP) is 6.09. The highest BCUT2D eigenvalue weighted by molar-refractivity contribution is 9.10. The minimum atomic E-state index is -0.534. The summed E-state index contributed by atoms with van der Waals surface area (Å²) in [6.07, 6.45) is 2.27. The van der Waals surface area contributed by atoms with Crippen molar-refractivity contribution in [1.29, 1.82) is 0 Å².